The van der Waals surface area contributed by atoms with Crippen LogP contribution < -0.4 is 14.8 Å². The largest absolute Gasteiger partial charge is 0.493 e. The number of amides is 2. The second-order valence-electron chi connectivity index (χ2n) is 6.24. The van der Waals surface area contributed by atoms with Crippen molar-refractivity contribution in [1.29, 1.82) is 0 Å². The average Bonchev–Trinajstić information content (AvgIpc) is 2.72. The number of carbonyl (C=O) groups is 1. The van der Waals surface area contributed by atoms with Gasteiger partial charge in [0.15, 0.2) is 11.5 Å². The van der Waals surface area contributed by atoms with E-state index in [4.69, 9.17) is 9.47 Å². The Morgan fingerprint density at radius 1 is 1.11 bits per heavy atom. The Balaban J connectivity index is 1.55. The van der Waals surface area contributed by atoms with E-state index in [1.54, 1.807) is 19.1 Å². The highest BCUT2D eigenvalue weighted by Gasteiger charge is 2.22. The molecule has 0 saturated carbocycles. The van der Waals surface area contributed by atoms with E-state index < -0.39 is 10.8 Å². The molecule has 2 aromatic carbocycles. The molecule has 1 heterocycles. The lowest BCUT2D eigenvalue weighted by molar-refractivity contribution is 0.193. The molecule has 6 nitrogen and oxygen atoms in total. The van der Waals surface area contributed by atoms with Gasteiger partial charge in [-0.15, -0.1) is 0 Å². The molecule has 1 atom stereocenters. The summed E-state index contributed by atoms with van der Waals surface area (Å²) in [7, 11) is 2.11. The summed E-state index contributed by atoms with van der Waals surface area (Å²) in [6, 6.07) is 13.1. The third-order valence-electron chi connectivity index (χ3n) is 4.58. The highest BCUT2D eigenvalue weighted by atomic mass is 32.2. The van der Waals surface area contributed by atoms with Gasteiger partial charge < -0.3 is 19.7 Å². The van der Waals surface area contributed by atoms with Gasteiger partial charge in [0, 0.05) is 30.3 Å². The van der Waals surface area contributed by atoms with Crippen molar-refractivity contribution in [3.05, 3.63) is 53.6 Å². The van der Waals surface area contributed by atoms with Gasteiger partial charge in [0.05, 0.1) is 25.0 Å². The molecule has 0 fully saturated rings. The maximum atomic E-state index is 12.5. The number of hydrogen-bond acceptors (Lipinski definition) is 4. The monoisotopic (exact) mass is 388 g/mol. The number of nitrogens with zero attached hydrogens (tertiary/aromatic N) is 1. The Kier molecular flexibility index (Phi) is 6.34. The van der Waals surface area contributed by atoms with Crippen LogP contribution in [0.15, 0.2) is 47.4 Å². The second-order valence-corrected chi connectivity index (χ2v) is 7.81. The molecule has 27 heavy (non-hydrogen) atoms. The fourth-order valence-electron chi connectivity index (χ4n) is 3.11. The molecule has 1 aliphatic rings. The van der Waals surface area contributed by atoms with E-state index in [0.717, 1.165) is 16.9 Å². The first-order valence-electron chi connectivity index (χ1n) is 8.82. The molecule has 0 aromatic heterocycles. The zero-order valence-corrected chi connectivity index (χ0v) is 16.4. The van der Waals surface area contributed by atoms with Crippen LogP contribution in [0.25, 0.3) is 0 Å². The number of benzene rings is 2. The zero-order valence-electron chi connectivity index (χ0n) is 15.6. The molecule has 1 unspecified atom stereocenters. The number of methoxy groups -OCH3 is 2. The lowest BCUT2D eigenvalue weighted by Gasteiger charge is -2.29. The van der Waals surface area contributed by atoms with Crippen LogP contribution in [-0.2, 0) is 23.8 Å². The lowest BCUT2D eigenvalue weighted by atomic mass is 9.99. The number of fused-ring (bicyclic) bond motifs is 1. The molecule has 144 valence electrons. The summed E-state index contributed by atoms with van der Waals surface area (Å²) in [5.74, 6) is 1.76. The molecule has 0 saturated heterocycles. The molecule has 3 rings (SSSR count). The Morgan fingerprint density at radius 3 is 2.44 bits per heavy atom. The van der Waals surface area contributed by atoms with E-state index in [0.29, 0.717) is 36.9 Å². The van der Waals surface area contributed by atoms with Crippen molar-refractivity contribution in [3.8, 4) is 11.5 Å². The number of urea groups is 1. The zero-order chi connectivity index (χ0) is 19.2. The van der Waals surface area contributed by atoms with Gasteiger partial charge in [-0.05, 0) is 41.8 Å². The van der Waals surface area contributed by atoms with E-state index >= 15 is 0 Å². The van der Waals surface area contributed by atoms with Gasteiger partial charge in [0.2, 0.25) is 0 Å². The summed E-state index contributed by atoms with van der Waals surface area (Å²) in [4.78, 5) is 15.0. The SMILES string of the molecule is COc1cc2c(cc1OC)CN(C(=O)NCCS(=O)c1ccccc1)CC2. The van der Waals surface area contributed by atoms with Gasteiger partial charge in [-0.1, -0.05) is 18.2 Å². The van der Waals surface area contributed by atoms with E-state index in [1.165, 1.54) is 5.56 Å². The van der Waals surface area contributed by atoms with E-state index in [9.17, 15) is 9.00 Å². The maximum absolute atomic E-state index is 12.5. The molecule has 7 heteroatoms. The highest BCUT2D eigenvalue weighted by molar-refractivity contribution is 7.85. The number of carbonyl (C=O) groups excluding carboxylic acids is 1. The Bertz CT molecular complexity index is 826. The molecular formula is C20H24N2O4S. The van der Waals surface area contributed by atoms with Crippen molar-refractivity contribution in [2.45, 2.75) is 17.9 Å². The van der Waals surface area contributed by atoms with Gasteiger partial charge >= 0.3 is 6.03 Å². The van der Waals surface area contributed by atoms with Crippen LogP contribution in [0.1, 0.15) is 11.1 Å². The van der Waals surface area contributed by atoms with Crippen molar-refractivity contribution in [1.82, 2.24) is 10.2 Å². The average molecular weight is 388 g/mol. The third-order valence-corrected chi connectivity index (χ3v) is 5.95. The first-order valence-corrected chi connectivity index (χ1v) is 10.1. The fourth-order valence-corrected chi connectivity index (χ4v) is 4.09. The van der Waals surface area contributed by atoms with Crippen molar-refractivity contribution < 1.29 is 18.5 Å². The van der Waals surface area contributed by atoms with Gasteiger partial charge in [-0.25, -0.2) is 4.79 Å². The Hall–Kier alpha value is -2.54. The van der Waals surface area contributed by atoms with Gasteiger partial charge in [0.1, 0.15) is 0 Å². The summed E-state index contributed by atoms with van der Waals surface area (Å²) < 4.78 is 22.9. The molecule has 2 aromatic rings. The molecule has 2 amide bonds. The molecule has 1 N–H and O–H groups in total. The van der Waals surface area contributed by atoms with Crippen molar-refractivity contribution in [2.24, 2.45) is 0 Å². The second kappa shape index (κ2) is 8.90. The normalized spacial score (nSPS) is 14.2. The smallest absolute Gasteiger partial charge is 0.317 e. The van der Waals surface area contributed by atoms with Crippen LogP contribution >= 0.6 is 0 Å². The first kappa shape index (κ1) is 19.2. The Morgan fingerprint density at radius 2 is 1.78 bits per heavy atom. The molecule has 0 spiro atoms. The summed E-state index contributed by atoms with van der Waals surface area (Å²) in [5.41, 5.74) is 2.23. The Labute approximate surface area is 161 Å². The predicted octanol–water partition coefficient (Wildman–Crippen LogP) is 2.58. The molecule has 0 radical (unpaired) electrons. The summed E-state index contributed by atoms with van der Waals surface area (Å²) >= 11 is 0. The van der Waals surface area contributed by atoms with Crippen LogP contribution in [0.5, 0.6) is 11.5 Å². The molecular weight excluding hydrogens is 364 g/mol. The van der Waals surface area contributed by atoms with Gasteiger partial charge in [0.25, 0.3) is 0 Å². The fraction of sp³-hybridized carbons (Fsp3) is 0.350. The first-order chi connectivity index (χ1) is 13.1. The number of ether oxygens (including phenoxy) is 2. The molecule has 0 bridgehead atoms. The standard InChI is InChI=1S/C20H24N2O4S/c1-25-18-12-15-8-10-22(14-16(15)13-19(18)26-2)20(23)21-9-11-27(24)17-6-4-3-5-7-17/h3-7,12-13H,8-11,14H2,1-2H3,(H,21,23). The van der Waals surface area contributed by atoms with E-state index in [1.807, 2.05) is 42.5 Å². The third kappa shape index (κ3) is 4.60. The van der Waals surface area contributed by atoms with Crippen molar-refractivity contribution in [3.63, 3.8) is 0 Å². The number of rotatable bonds is 6. The van der Waals surface area contributed by atoms with Crippen molar-refractivity contribution in [2.75, 3.05) is 33.1 Å². The highest BCUT2D eigenvalue weighted by Crippen LogP contribution is 2.33. The van der Waals surface area contributed by atoms with Gasteiger partial charge in [-0.3, -0.25) is 4.21 Å². The predicted molar refractivity (Wildman–Crippen MR) is 105 cm³/mol. The quantitative estimate of drug-likeness (QED) is 0.826. The van der Waals surface area contributed by atoms with Crippen LogP contribution in [0.4, 0.5) is 4.79 Å². The molecule has 1 aliphatic heterocycles. The van der Waals surface area contributed by atoms with Crippen LogP contribution in [-0.4, -0.2) is 48.2 Å². The summed E-state index contributed by atoms with van der Waals surface area (Å²) in [5, 5.41) is 2.87. The minimum absolute atomic E-state index is 0.138. The van der Waals surface area contributed by atoms with Crippen LogP contribution in [0.2, 0.25) is 0 Å². The summed E-state index contributed by atoms with van der Waals surface area (Å²) in [6.45, 7) is 1.52. The topological polar surface area (TPSA) is 67.9 Å². The van der Waals surface area contributed by atoms with E-state index in [-0.39, 0.29) is 6.03 Å². The molecule has 0 aliphatic carbocycles. The summed E-state index contributed by atoms with van der Waals surface area (Å²) in [6.07, 6.45) is 0.763. The lowest BCUT2D eigenvalue weighted by Crippen LogP contribution is -2.43. The number of nitrogens with one attached hydrogen (secondary N) is 1. The van der Waals surface area contributed by atoms with Crippen LogP contribution in [0, 0.1) is 0 Å². The minimum Gasteiger partial charge on any atom is -0.493 e. The van der Waals surface area contributed by atoms with Gasteiger partial charge in [-0.2, -0.15) is 0 Å². The maximum Gasteiger partial charge on any atom is 0.317 e. The van der Waals surface area contributed by atoms with Crippen LogP contribution in [0.3, 0.4) is 0 Å². The minimum atomic E-state index is -1.11. The number of hydrogen-bond donors (Lipinski definition) is 1. The van der Waals surface area contributed by atoms with E-state index in [2.05, 4.69) is 5.32 Å². The van der Waals surface area contributed by atoms with Crippen molar-refractivity contribution >= 4 is 16.8 Å².